The Balaban J connectivity index is 1.56. The number of imidazole rings is 1. The molecule has 1 atom stereocenters. The fourth-order valence-corrected chi connectivity index (χ4v) is 3.52. The van der Waals surface area contributed by atoms with E-state index in [1.807, 2.05) is 10.8 Å². The molecule has 0 bridgehead atoms. The molecule has 2 aromatic rings. The van der Waals surface area contributed by atoms with Crippen molar-refractivity contribution in [2.75, 3.05) is 13.1 Å². The standard InChI is InChI=1S/C19H25N3O/c1-19(17-7-3-2-4-8-17)10-6-13-22(15-19)18(23)9-5-12-21-14-11-20-16-21/h2-4,7-8,11,14,16H,5-6,9-10,12-13,15H2,1H3/t19-/m1/s1. The highest BCUT2D eigenvalue weighted by Crippen LogP contribution is 2.33. The second-order valence-corrected chi connectivity index (χ2v) is 6.75. The van der Waals surface area contributed by atoms with Crippen molar-refractivity contribution in [1.29, 1.82) is 0 Å². The molecule has 3 rings (SSSR count). The molecule has 122 valence electrons. The van der Waals surface area contributed by atoms with Gasteiger partial charge in [-0.05, 0) is 24.8 Å². The van der Waals surface area contributed by atoms with Crippen LogP contribution in [0.2, 0.25) is 0 Å². The number of nitrogens with zero attached hydrogens (tertiary/aromatic N) is 3. The summed E-state index contributed by atoms with van der Waals surface area (Å²) in [5.74, 6) is 0.284. The summed E-state index contributed by atoms with van der Waals surface area (Å²) in [6.07, 6.45) is 9.23. The van der Waals surface area contributed by atoms with Crippen molar-refractivity contribution in [3.05, 3.63) is 54.6 Å². The number of carbonyl (C=O) groups is 1. The zero-order chi connectivity index (χ0) is 16.1. The van der Waals surface area contributed by atoms with Gasteiger partial charge in [0.2, 0.25) is 5.91 Å². The third-order valence-electron chi connectivity index (χ3n) is 4.89. The number of hydrogen-bond acceptors (Lipinski definition) is 2. The lowest BCUT2D eigenvalue weighted by molar-refractivity contribution is -0.133. The zero-order valence-electron chi connectivity index (χ0n) is 13.8. The first-order chi connectivity index (χ1) is 11.2. The largest absolute Gasteiger partial charge is 0.342 e. The molecule has 1 aromatic carbocycles. The summed E-state index contributed by atoms with van der Waals surface area (Å²) in [5.41, 5.74) is 1.43. The Morgan fingerprint density at radius 3 is 2.87 bits per heavy atom. The predicted octanol–water partition coefficient (Wildman–Crippen LogP) is 3.24. The Hall–Kier alpha value is -2.10. The number of piperidine rings is 1. The monoisotopic (exact) mass is 311 g/mol. The first-order valence-corrected chi connectivity index (χ1v) is 8.46. The average molecular weight is 311 g/mol. The third-order valence-corrected chi connectivity index (χ3v) is 4.89. The van der Waals surface area contributed by atoms with Crippen LogP contribution in [0.1, 0.15) is 38.2 Å². The van der Waals surface area contributed by atoms with Crippen molar-refractivity contribution in [3.63, 3.8) is 0 Å². The molecule has 0 aliphatic carbocycles. The van der Waals surface area contributed by atoms with Gasteiger partial charge in [0, 0.05) is 43.9 Å². The fraction of sp³-hybridized carbons (Fsp3) is 0.474. The van der Waals surface area contributed by atoms with Crippen molar-refractivity contribution >= 4 is 5.91 Å². The number of hydrogen-bond donors (Lipinski definition) is 0. The summed E-state index contributed by atoms with van der Waals surface area (Å²) in [7, 11) is 0. The van der Waals surface area contributed by atoms with Crippen LogP contribution in [0.5, 0.6) is 0 Å². The van der Waals surface area contributed by atoms with E-state index < -0.39 is 0 Å². The first kappa shape index (κ1) is 15.8. The highest BCUT2D eigenvalue weighted by molar-refractivity contribution is 5.76. The molecule has 0 saturated carbocycles. The van der Waals surface area contributed by atoms with Crippen molar-refractivity contribution in [1.82, 2.24) is 14.5 Å². The highest BCUT2D eigenvalue weighted by Gasteiger charge is 2.34. The van der Waals surface area contributed by atoms with Crippen molar-refractivity contribution in [2.45, 2.75) is 44.6 Å². The predicted molar refractivity (Wildman–Crippen MR) is 91.1 cm³/mol. The minimum atomic E-state index is 0.0829. The Morgan fingerprint density at radius 1 is 1.30 bits per heavy atom. The van der Waals surface area contributed by atoms with Gasteiger partial charge in [-0.15, -0.1) is 0 Å². The van der Waals surface area contributed by atoms with E-state index in [1.54, 1.807) is 12.5 Å². The van der Waals surface area contributed by atoms with E-state index in [0.29, 0.717) is 6.42 Å². The maximum atomic E-state index is 12.5. The van der Waals surface area contributed by atoms with Crippen LogP contribution in [-0.2, 0) is 16.8 Å². The molecule has 0 spiro atoms. The van der Waals surface area contributed by atoms with E-state index >= 15 is 0 Å². The smallest absolute Gasteiger partial charge is 0.222 e. The molecule has 1 aromatic heterocycles. The van der Waals surface area contributed by atoms with E-state index in [9.17, 15) is 4.79 Å². The maximum Gasteiger partial charge on any atom is 0.222 e. The molecule has 23 heavy (non-hydrogen) atoms. The average Bonchev–Trinajstić information content (AvgIpc) is 3.09. The summed E-state index contributed by atoms with van der Waals surface area (Å²) in [6, 6.07) is 10.6. The normalized spacial score (nSPS) is 21.3. The van der Waals surface area contributed by atoms with Gasteiger partial charge in [-0.3, -0.25) is 4.79 Å². The lowest BCUT2D eigenvalue weighted by atomic mass is 9.76. The summed E-state index contributed by atoms with van der Waals surface area (Å²) < 4.78 is 2.03. The lowest BCUT2D eigenvalue weighted by Gasteiger charge is -2.41. The summed E-state index contributed by atoms with van der Waals surface area (Å²) in [6.45, 7) is 4.87. The van der Waals surface area contributed by atoms with Crippen molar-refractivity contribution < 1.29 is 4.79 Å². The molecule has 1 aliphatic rings. The molecule has 4 heteroatoms. The molecule has 0 N–H and O–H groups in total. The minimum absolute atomic E-state index is 0.0829. The van der Waals surface area contributed by atoms with Gasteiger partial charge in [0.1, 0.15) is 0 Å². The minimum Gasteiger partial charge on any atom is -0.342 e. The molecule has 1 amide bonds. The number of amides is 1. The van der Waals surface area contributed by atoms with Crippen LogP contribution in [0.15, 0.2) is 49.1 Å². The van der Waals surface area contributed by atoms with Gasteiger partial charge in [-0.25, -0.2) is 4.98 Å². The van der Waals surface area contributed by atoms with Crippen molar-refractivity contribution in [2.24, 2.45) is 0 Å². The van der Waals surface area contributed by atoms with E-state index in [2.05, 4.69) is 47.1 Å². The number of aromatic nitrogens is 2. The first-order valence-electron chi connectivity index (χ1n) is 8.46. The lowest BCUT2D eigenvalue weighted by Crippen LogP contribution is -2.47. The summed E-state index contributed by atoms with van der Waals surface area (Å²) in [4.78, 5) is 18.6. The van der Waals surface area contributed by atoms with Crippen molar-refractivity contribution in [3.8, 4) is 0 Å². The van der Waals surface area contributed by atoms with Crippen LogP contribution in [-0.4, -0.2) is 33.4 Å². The second-order valence-electron chi connectivity index (χ2n) is 6.75. The molecule has 1 saturated heterocycles. The molecule has 1 aliphatic heterocycles. The summed E-state index contributed by atoms with van der Waals surface area (Å²) >= 11 is 0. The van der Waals surface area contributed by atoms with Gasteiger partial charge < -0.3 is 9.47 Å². The van der Waals surface area contributed by atoms with E-state index in [1.165, 1.54) is 5.56 Å². The molecule has 0 unspecified atom stereocenters. The van der Waals surface area contributed by atoms with Crippen LogP contribution in [0, 0.1) is 0 Å². The Morgan fingerprint density at radius 2 is 2.13 bits per heavy atom. The number of carbonyl (C=O) groups excluding carboxylic acids is 1. The van der Waals surface area contributed by atoms with Gasteiger partial charge in [0.05, 0.1) is 6.33 Å². The second kappa shape index (κ2) is 6.99. The molecule has 0 radical (unpaired) electrons. The van der Waals surface area contributed by atoms with Gasteiger partial charge >= 0.3 is 0 Å². The van der Waals surface area contributed by atoms with Gasteiger partial charge in [-0.1, -0.05) is 37.3 Å². The Kier molecular flexibility index (Phi) is 4.79. The number of likely N-dealkylation sites (tertiary alicyclic amines) is 1. The quantitative estimate of drug-likeness (QED) is 0.850. The zero-order valence-corrected chi connectivity index (χ0v) is 13.8. The van der Waals surface area contributed by atoms with Crippen LogP contribution < -0.4 is 0 Å². The fourth-order valence-electron chi connectivity index (χ4n) is 3.52. The maximum absolute atomic E-state index is 12.5. The van der Waals surface area contributed by atoms with E-state index in [-0.39, 0.29) is 11.3 Å². The van der Waals surface area contributed by atoms with Gasteiger partial charge in [-0.2, -0.15) is 0 Å². The summed E-state index contributed by atoms with van der Waals surface area (Å²) in [5, 5.41) is 0. The Labute approximate surface area is 138 Å². The van der Waals surface area contributed by atoms with E-state index in [4.69, 9.17) is 0 Å². The highest BCUT2D eigenvalue weighted by atomic mass is 16.2. The van der Waals surface area contributed by atoms with Gasteiger partial charge in [0.25, 0.3) is 0 Å². The van der Waals surface area contributed by atoms with Crippen LogP contribution in [0.25, 0.3) is 0 Å². The topological polar surface area (TPSA) is 38.1 Å². The van der Waals surface area contributed by atoms with Crippen LogP contribution in [0.3, 0.4) is 0 Å². The molecule has 1 fully saturated rings. The molecular weight excluding hydrogens is 286 g/mol. The SMILES string of the molecule is C[C@@]1(c2ccccc2)CCCN(C(=O)CCCn2ccnc2)C1. The molecule has 4 nitrogen and oxygen atoms in total. The Bertz CT molecular complexity index is 623. The number of rotatable bonds is 5. The molecular formula is C19H25N3O. The van der Waals surface area contributed by atoms with Gasteiger partial charge in [0.15, 0.2) is 0 Å². The molecule has 2 heterocycles. The van der Waals surface area contributed by atoms with E-state index in [0.717, 1.165) is 38.9 Å². The third kappa shape index (κ3) is 3.81. The number of benzene rings is 1. The van der Waals surface area contributed by atoms with Crippen LogP contribution >= 0.6 is 0 Å². The number of aryl methyl sites for hydroxylation is 1. The van der Waals surface area contributed by atoms with Crippen LogP contribution in [0.4, 0.5) is 0 Å².